The molecule has 0 aromatic heterocycles. The van der Waals surface area contributed by atoms with Gasteiger partial charge in [0, 0.05) is 5.02 Å². The molecule has 0 radical (unpaired) electrons. The summed E-state index contributed by atoms with van der Waals surface area (Å²) in [6.07, 6.45) is 0.157. The molecule has 5 nitrogen and oxygen atoms in total. The zero-order valence-electron chi connectivity index (χ0n) is 11.4. The molecule has 0 saturated carbocycles. The molecule has 1 aromatic rings. The van der Waals surface area contributed by atoms with Crippen LogP contribution in [0, 0.1) is 0 Å². The van der Waals surface area contributed by atoms with Gasteiger partial charge in [0.25, 0.3) is 0 Å². The van der Waals surface area contributed by atoms with Crippen LogP contribution in [-0.2, 0) is 14.3 Å². The van der Waals surface area contributed by atoms with Crippen molar-refractivity contribution >= 4 is 23.5 Å². The largest absolute Gasteiger partial charge is 0.479 e. The monoisotopic (exact) mass is 299 g/mol. The predicted octanol–water partition coefficient (Wildman–Crippen LogP) is 2.40. The van der Waals surface area contributed by atoms with Gasteiger partial charge in [-0.2, -0.15) is 0 Å². The van der Waals surface area contributed by atoms with Crippen LogP contribution < -0.4 is 5.32 Å². The number of hydrogen-bond acceptors (Lipinski definition) is 3. The van der Waals surface area contributed by atoms with E-state index in [0.29, 0.717) is 10.6 Å². The van der Waals surface area contributed by atoms with E-state index in [9.17, 15) is 14.7 Å². The maximum atomic E-state index is 11.7. The molecular weight excluding hydrogens is 282 g/mol. The Hall–Kier alpha value is -1.59. The molecule has 0 saturated heterocycles. The van der Waals surface area contributed by atoms with Crippen molar-refractivity contribution in [3.63, 3.8) is 0 Å². The SMILES string of the molecule is CC(C)OCCC(=O)NC(C(=O)O)c1ccc(Cl)cc1. The zero-order chi connectivity index (χ0) is 15.1. The van der Waals surface area contributed by atoms with Crippen molar-refractivity contribution in [1.82, 2.24) is 5.32 Å². The first-order valence-corrected chi connectivity index (χ1v) is 6.67. The van der Waals surface area contributed by atoms with Crippen molar-refractivity contribution < 1.29 is 19.4 Å². The van der Waals surface area contributed by atoms with Crippen LogP contribution in [0.25, 0.3) is 0 Å². The minimum absolute atomic E-state index is 0.0364. The van der Waals surface area contributed by atoms with Crippen LogP contribution in [0.4, 0.5) is 0 Å². The van der Waals surface area contributed by atoms with Gasteiger partial charge in [0.2, 0.25) is 5.91 Å². The molecule has 1 atom stereocenters. The van der Waals surface area contributed by atoms with Gasteiger partial charge >= 0.3 is 5.97 Å². The molecule has 1 amide bonds. The highest BCUT2D eigenvalue weighted by Crippen LogP contribution is 2.17. The highest BCUT2D eigenvalue weighted by Gasteiger charge is 2.21. The number of carboxylic acids is 1. The second-order valence-corrected chi connectivity index (χ2v) is 5.00. The van der Waals surface area contributed by atoms with Crippen molar-refractivity contribution in [3.05, 3.63) is 34.9 Å². The zero-order valence-corrected chi connectivity index (χ0v) is 12.2. The number of carbonyl (C=O) groups excluding carboxylic acids is 1. The van der Waals surface area contributed by atoms with Gasteiger partial charge in [0.1, 0.15) is 0 Å². The quantitative estimate of drug-likeness (QED) is 0.810. The second-order valence-electron chi connectivity index (χ2n) is 4.56. The van der Waals surface area contributed by atoms with E-state index in [-0.39, 0.29) is 25.0 Å². The number of hydrogen-bond donors (Lipinski definition) is 2. The van der Waals surface area contributed by atoms with Crippen LogP contribution in [-0.4, -0.2) is 29.7 Å². The molecule has 0 aliphatic rings. The molecule has 110 valence electrons. The van der Waals surface area contributed by atoms with E-state index in [4.69, 9.17) is 16.3 Å². The van der Waals surface area contributed by atoms with Crippen LogP contribution in [0.3, 0.4) is 0 Å². The molecule has 0 heterocycles. The molecular formula is C14H18ClNO4. The molecule has 20 heavy (non-hydrogen) atoms. The summed E-state index contributed by atoms with van der Waals surface area (Å²) in [6.45, 7) is 3.99. The summed E-state index contributed by atoms with van der Waals surface area (Å²) in [7, 11) is 0. The highest BCUT2D eigenvalue weighted by molar-refractivity contribution is 6.30. The molecule has 0 bridgehead atoms. The summed E-state index contributed by atoms with van der Waals surface area (Å²) in [5.74, 6) is -1.49. The minimum atomic E-state index is -1.12. The Morgan fingerprint density at radius 3 is 2.40 bits per heavy atom. The van der Waals surface area contributed by atoms with E-state index in [1.165, 1.54) is 0 Å². The van der Waals surface area contributed by atoms with E-state index in [2.05, 4.69) is 5.32 Å². The van der Waals surface area contributed by atoms with Gasteiger partial charge in [-0.1, -0.05) is 23.7 Å². The lowest BCUT2D eigenvalue weighted by atomic mass is 10.1. The molecule has 1 rings (SSSR count). The Morgan fingerprint density at radius 2 is 1.90 bits per heavy atom. The number of halogens is 1. The van der Waals surface area contributed by atoms with Gasteiger partial charge < -0.3 is 15.2 Å². The Bertz CT molecular complexity index is 459. The lowest BCUT2D eigenvalue weighted by molar-refractivity contribution is -0.142. The summed E-state index contributed by atoms with van der Waals surface area (Å²) in [4.78, 5) is 22.9. The summed E-state index contributed by atoms with van der Waals surface area (Å²) in [6, 6.07) is 5.23. The Labute approximate surface area is 122 Å². The number of amides is 1. The fourth-order valence-electron chi connectivity index (χ4n) is 1.56. The summed E-state index contributed by atoms with van der Waals surface area (Å²) >= 11 is 5.75. The third kappa shape index (κ3) is 5.59. The molecule has 1 aromatic carbocycles. The fourth-order valence-corrected chi connectivity index (χ4v) is 1.69. The molecule has 2 N–H and O–H groups in total. The maximum absolute atomic E-state index is 11.7. The van der Waals surface area contributed by atoms with Gasteiger partial charge in [-0.15, -0.1) is 0 Å². The number of aliphatic carboxylic acids is 1. The Balaban J connectivity index is 2.61. The third-order valence-corrected chi connectivity index (χ3v) is 2.79. The van der Waals surface area contributed by atoms with Gasteiger partial charge in [0.15, 0.2) is 6.04 Å². The van der Waals surface area contributed by atoms with Crippen LogP contribution in [0.2, 0.25) is 5.02 Å². The van der Waals surface area contributed by atoms with E-state index in [1.807, 2.05) is 13.8 Å². The lowest BCUT2D eigenvalue weighted by Gasteiger charge is -2.15. The number of rotatable bonds is 7. The number of carbonyl (C=O) groups is 2. The van der Waals surface area contributed by atoms with Gasteiger partial charge in [0.05, 0.1) is 19.1 Å². The lowest BCUT2D eigenvalue weighted by Crippen LogP contribution is -2.34. The summed E-state index contributed by atoms with van der Waals surface area (Å²) < 4.78 is 5.25. The molecule has 0 aliphatic carbocycles. The second kappa shape index (κ2) is 7.87. The molecule has 6 heteroatoms. The van der Waals surface area contributed by atoms with Gasteiger partial charge in [-0.3, -0.25) is 4.79 Å². The van der Waals surface area contributed by atoms with Crippen LogP contribution in [0.15, 0.2) is 24.3 Å². The first kappa shape index (κ1) is 16.5. The molecule has 0 spiro atoms. The third-order valence-electron chi connectivity index (χ3n) is 2.54. The van der Waals surface area contributed by atoms with Gasteiger partial charge in [-0.25, -0.2) is 4.79 Å². The molecule has 0 fully saturated rings. The number of ether oxygens (including phenoxy) is 1. The molecule has 1 unspecified atom stereocenters. The smallest absolute Gasteiger partial charge is 0.330 e. The minimum Gasteiger partial charge on any atom is -0.479 e. The normalized spacial score (nSPS) is 12.2. The van der Waals surface area contributed by atoms with Crippen LogP contribution >= 0.6 is 11.6 Å². The van der Waals surface area contributed by atoms with E-state index < -0.39 is 12.0 Å². The van der Waals surface area contributed by atoms with Crippen molar-refractivity contribution in [2.45, 2.75) is 32.4 Å². The van der Waals surface area contributed by atoms with Crippen molar-refractivity contribution in [3.8, 4) is 0 Å². The fraction of sp³-hybridized carbons (Fsp3) is 0.429. The summed E-state index contributed by atoms with van der Waals surface area (Å²) in [5, 5.41) is 12.2. The Morgan fingerprint density at radius 1 is 1.30 bits per heavy atom. The topological polar surface area (TPSA) is 75.6 Å². The number of carboxylic acid groups (broad SMARTS) is 1. The summed E-state index contributed by atoms with van der Waals surface area (Å²) in [5.41, 5.74) is 0.472. The van der Waals surface area contributed by atoms with Crippen molar-refractivity contribution in [2.24, 2.45) is 0 Å². The van der Waals surface area contributed by atoms with E-state index >= 15 is 0 Å². The van der Waals surface area contributed by atoms with Crippen LogP contribution in [0.1, 0.15) is 31.9 Å². The average Bonchev–Trinajstić information content (AvgIpc) is 2.36. The predicted molar refractivity (Wildman–Crippen MR) is 75.7 cm³/mol. The first-order valence-electron chi connectivity index (χ1n) is 6.29. The average molecular weight is 300 g/mol. The van der Waals surface area contributed by atoms with Gasteiger partial charge in [-0.05, 0) is 31.5 Å². The number of benzene rings is 1. The van der Waals surface area contributed by atoms with E-state index in [0.717, 1.165) is 0 Å². The van der Waals surface area contributed by atoms with Crippen LogP contribution in [0.5, 0.6) is 0 Å². The number of nitrogens with one attached hydrogen (secondary N) is 1. The standard InChI is InChI=1S/C14H18ClNO4/c1-9(2)20-8-7-12(17)16-13(14(18)19)10-3-5-11(15)6-4-10/h3-6,9,13H,7-8H2,1-2H3,(H,16,17)(H,18,19). The molecule has 0 aliphatic heterocycles. The Kier molecular flexibility index (Phi) is 6.48. The van der Waals surface area contributed by atoms with Crippen molar-refractivity contribution in [2.75, 3.05) is 6.61 Å². The van der Waals surface area contributed by atoms with E-state index in [1.54, 1.807) is 24.3 Å². The maximum Gasteiger partial charge on any atom is 0.330 e. The first-order chi connectivity index (χ1) is 9.40. The van der Waals surface area contributed by atoms with Crippen molar-refractivity contribution in [1.29, 1.82) is 0 Å². The highest BCUT2D eigenvalue weighted by atomic mass is 35.5.